The number of Topliss-reactive ketones (excluding diaryl/α,β-unsaturated/α-hetero) is 1. The van der Waals surface area contributed by atoms with Crippen LogP contribution in [0.2, 0.25) is 0 Å². The first-order valence-electron chi connectivity index (χ1n) is 11.6. The Morgan fingerprint density at radius 2 is 1.79 bits per heavy atom. The van der Waals surface area contributed by atoms with Crippen molar-refractivity contribution in [3.8, 4) is 11.5 Å². The molecular weight excluding hydrogens is 432 g/mol. The van der Waals surface area contributed by atoms with E-state index in [-0.39, 0.29) is 11.3 Å². The van der Waals surface area contributed by atoms with E-state index < -0.39 is 17.7 Å². The Morgan fingerprint density at radius 1 is 1.09 bits per heavy atom. The van der Waals surface area contributed by atoms with Gasteiger partial charge >= 0.3 is 0 Å². The predicted octanol–water partition coefficient (Wildman–Crippen LogP) is 4.17. The minimum atomic E-state index is -0.724. The van der Waals surface area contributed by atoms with Gasteiger partial charge < -0.3 is 24.4 Å². The summed E-state index contributed by atoms with van der Waals surface area (Å²) in [6.45, 7) is 5.66. The van der Waals surface area contributed by atoms with E-state index >= 15 is 0 Å². The molecule has 0 aliphatic carbocycles. The highest BCUT2D eigenvalue weighted by molar-refractivity contribution is 6.46. The van der Waals surface area contributed by atoms with Gasteiger partial charge in [-0.3, -0.25) is 9.59 Å². The molecule has 0 unspecified atom stereocenters. The maximum atomic E-state index is 13.2. The van der Waals surface area contributed by atoms with E-state index in [1.54, 1.807) is 36.3 Å². The number of ketones is 1. The van der Waals surface area contributed by atoms with Crippen molar-refractivity contribution >= 4 is 17.4 Å². The molecule has 0 radical (unpaired) electrons. The molecule has 1 amide bonds. The van der Waals surface area contributed by atoms with Crippen LogP contribution in [0.15, 0.2) is 48.0 Å². The van der Waals surface area contributed by atoms with E-state index in [0.29, 0.717) is 42.2 Å². The minimum Gasteiger partial charge on any atom is -0.507 e. The Bertz CT molecular complexity index is 1060. The molecule has 1 aliphatic rings. The van der Waals surface area contributed by atoms with Crippen LogP contribution >= 0.6 is 0 Å². The molecule has 7 nitrogen and oxygen atoms in total. The van der Waals surface area contributed by atoms with Crippen LogP contribution in [-0.2, 0) is 9.59 Å². The largest absolute Gasteiger partial charge is 0.507 e. The summed E-state index contributed by atoms with van der Waals surface area (Å²) < 4.78 is 11.3. The normalized spacial score (nSPS) is 17.5. The van der Waals surface area contributed by atoms with Crippen LogP contribution in [-0.4, -0.2) is 67.5 Å². The molecule has 0 aromatic heterocycles. The average Bonchev–Trinajstić information content (AvgIpc) is 3.07. The van der Waals surface area contributed by atoms with Gasteiger partial charge in [0.05, 0.1) is 25.3 Å². The van der Waals surface area contributed by atoms with Crippen LogP contribution in [0, 0.1) is 6.92 Å². The maximum Gasteiger partial charge on any atom is 0.295 e. The third-order valence-electron chi connectivity index (χ3n) is 5.83. The molecule has 1 heterocycles. The first-order chi connectivity index (χ1) is 16.3. The first-order valence-corrected chi connectivity index (χ1v) is 11.6. The van der Waals surface area contributed by atoms with Gasteiger partial charge in [0.2, 0.25) is 0 Å². The number of aliphatic hydroxyl groups is 1. The van der Waals surface area contributed by atoms with Gasteiger partial charge in [-0.15, -0.1) is 0 Å². The van der Waals surface area contributed by atoms with E-state index in [0.717, 1.165) is 18.5 Å². The number of methoxy groups -OCH3 is 1. The van der Waals surface area contributed by atoms with Gasteiger partial charge in [0.15, 0.2) is 11.5 Å². The molecule has 1 atom stereocenters. The summed E-state index contributed by atoms with van der Waals surface area (Å²) in [5.74, 6) is -0.360. The van der Waals surface area contributed by atoms with Crippen LogP contribution in [0.5, 0.6) is 11.5 Å². The Hall–Kier alpha value is -3.32. The molecule has 1 fully saturated rings. The summed E-state index contributed by atoms with van der Waals surface area (Å²) in [5, 5.41) is 11.2. The number of aliphatic hydroxyl groups excluding tert-OH is 1. The number of aryl methyl sites for hydroxylation is 1. The molecule has 1 aliphatic heterocycles. The summed E-state index contributed by atoms with van der Waals surface area (Å²) in [7, 11) is 5.48. The van der Waals surface area contributed by atoms with Crippen molar-refractivity contribution in [2.75, 3.05) is 40.9 Å². The van der Waals surface area contributed by atoms with Crippen LogP contribution in [0.1, 0.15) is 42.5 Å². The van der Waals surface area contributed by atoms with Gasteiger partial charge in [-0.1, -0.05) is 42.8 Å². The lowest BCUT2D eigenvalue weighted by molar-refractivity contribution is -0.139. The molecular formula is C27H34N2O5. The number of carbonyl (C=O) groups is 2. The molecule has 7 heteroatoms. The van der Waals surface area contributed by atoms with Crippen LogP contribution in [0.4, 0.5) is 0 Å². The number of likely N-dealkylation sites (tertiary alicyclic amines) is 1. The molecule has 1 saturated heterocycles. The molecule has 2 aromatic rings. The summed E-state index contributed by atoms with van der Waals surface area (Å²) in [5.41, 5.74) is 2.29. The van der Waals surface area contributed by atoms with Gasteiger partial charge in [-0.05, 0) is 58.1 Å². The van der Waals surface area contributed by atoms with E-state index in [4.69, 9.17) is 9.47 Å². The molecule has 34 heavy (non-hydrogen) atoms. The number of rotatable bonds is 10. The Kier molecular flexibility index (Phi) is 8.34. The smallest absolute Gasteiger partial charge is 0.295 e. The monoisotopic (exact) mass is 466 g/mol. The highest BCUT2D eigenvalue weighted by atomic mass is 16.5. The molecule has 0 bridgehead atoms. The predicted molar refractivity (Wildman–Crippen MR) is 132 cm³/mol. The lowest BCUT2D eigenvalue weighted by atomic mass is 9.94. The standard InChI is InChI=1S/C27H34N2O5/c1-6-16-34-21-13-12-20(17-22(21)33-5)24-23(25(30)19-10-8-18(2)9-11-19)26(31)27(32)29(24)15-7-14-28(3)4/h8-13,17,24,30H,6-7,14-16H2,1-5H3/b25-23+/t24-/m1/s1. The highest BCUT2D eigenvalue weighted by Crippen LogP contribution is 2.42. The third-order valence-corrected chi connectivity index (χ3v) is 5.83. The lowest BCUT2D eigenvalue weighted by Crippen LogP contribution is -2.32. The second-order valence-corrected chi connectivity index (χ2v) is 8.77. The van der Waals surface area contributed by atoms with Gasteiger partial charge in [0.25, 0.3) is 11.7 Å². The molecule has 1 N–H and O–H groups in total. The highest BCUT2D eigenvalue weighted by Gasteiger charge is 2.46. The van der Waals surface area contributed by atoms with Gasteiger partial charge in [0, 0.05) is 12.1 Å². The van der Waals surface area contributed by atoms with E-state index in [1.807, 2.05) is 51.0 Å². The van der Waals surface area contributed by atoms with Crippen molar-refractivity contribution in [2.24, 2.45) is 0 Å². The van der Waals surface area contributed by atoms with Crippen molar-refractivity contribution in [3.05, 3.63) is 64.7 Å². The number of ether oxygens (including phenoxy) is 2. The number of amides is 1. The number of nitrogens with zero attached hydrogens (tertiary/aromatic N) is 2. The molecule has 182 valence electrons. The van der Waals surface area contributed by atoms with Gasteiger partial charge in [0.1, 0.15) is 5.76 Å². The van der Waals surface area contributed by atoms with E-state index in [2.05, 4.69) is 0 Å². The van der Waals surface area contributed by atoms with Crippen molar-refractivity contribution < 1.29 is 24.2 Å². The number of hydrogen-bond donors (Lipinski definition) is 1. The topological polar surface area (TPSA) is 79.3 Å². The fourth-order valence-electron chi connectivity index (χ4n) is 4.07. The van der Waals surface area contributed by atoms with Crippen LogP contribution in [0.25, 0.3) is 5.76 Å². The van der Waals surface area contributed by atoms with E-state index in [1.165, 1.54) is 0 Å². The molecule has 0 spiro atoms. The Balaban J connectivity index is 2.10. The zero-order valence-corrected chi connectivity index (χ0v) is 20.6. The molecule has 2 aromatic carbocycles. The SMILES string of the molecule is CCCOc1ccc([C@@H]2/C(=C(\O)c3ccc(C)cc3)C(=O)C(=O)N2CCCN(C)C)cc1OC. The van der Waals surface area contributed by atoms with Crippen molar-refractivity contribution in [3.63, 3.8) is 0 Å². The molecule has 0 saturated carbocycles. The summed E-state index contributed by atoms with van der Waals surface area (Å²) in [6.07, 6.45) is 1.55. The fourth-order valence-corrected chi connectivity index (χ4v) is 4.07. The van der Waals surface area contributed by atoms with Crippen molar-refractivity contribution in [1.29, 1.82) is 0 Å². The first kappa shape index (κ1) is 25.3. The second kappa shape index (κ2) is 11.2. The van der Waals surface area contributed by atoms with Gasteiger partial charge in [-0.25, -0.2) is 0 Å². The fraction of sp³-hybridized carbons (Fsp3) is 0.407. The number of hydrogen-bond acceptors (Lipinski definition) is 6. The lowest BCUT2D eigenvalue weighted by Gasteiger charge is -2.26. The Labute approximate surface area is 201 Å². The average molecular weight is 467 g/mol. The van der Waals surface area contributed by atoms with Crippen LogP contribution in [0.3, 0.4) is 0 Å². The molecule has 3 rings (SSSR count). The van der Waals surface area contributed by atoms with E-state index in [9.17, 15) is 14.7 Å². The summed E-state index contributed by atoms with van der Waals surface area (Å²) in [6, 6.07) is 11.9. The Morgan fingerprint density at radius 3 is 2.41 bits per heavy atom. The van der Waals surface area contributed by atoms with Crippen LogP contribution < -0.4 is 9.47 Å². The van der Waals surface area contributed by atoms with Crippen molar-refractivity contribution in [1.82, 2.24) is 9.80 Å². The quantitative estimate of drug-likeness (QED) is 0.322. The number of carbonyl (C=O) groups excluding carboxylic acids is 2. The van der Waals surface area contributed by atoms with Crippen molar-refractivity contribution in [2.45, 2.75) is 32.7 Å². The third kappa shape index (κ3) is 5.42. The minimum absolute atomic E-state index is 0.0861. The summed E-state index contributed by atoms with van der Waals surface area (Å²) >= 11 is 0. The maximum absolute atomic E-state index is 13.2. The summed E-state index contributed by atoms with van der Waals surface area (Å²) in [4.78, 5) is 29.8. The second-order valence-electron chi connectivity index (χ2n) is 8.77. The zero-order valence-electron chi connectivity index (χ0n) is 20.6. The van der Waals surface area contributed by atoms with Gasteiger partial charge in [-0.2, -0.15) is 0 Å². The number of benzene rings is 2. The zero-order chi connectivity index (χ0) is 24.8.